The maximum absolute atomic E-state index is 12.8. The number of β-amino-alcohol motifs (C(OH)–C–C–N with tert-alkyl or cyclic N) is 1. The average molecular weight is 455 g/mol. The van der Waals surface area contributed by atoms with E-state index in [9.17, 15) is 24.8 Å². The summed E-state index contributed by atoms with van der Waals surface area (Å²) in [4.78, 5) is 38.0. The number of carbonyl (C=O) groups is 3. The van der Waals surface area contributed by atoms with Crippen LogP contribution in [0.3, 0.4) is 0 Å². The first-order valence-corrected chi connectivity index (χ1v) is 10.1. The Labute approximate surface area is 188 Å². The van der Waals surface area contributed by atoms with E-state index >= 15 is 0 Å². The third kappa shape index (κ3) is 4.35. The second-order valence-corrected chi connectivity index (χ2v) is 7.18. The molecule has 0 saturated heterocycles. The van der Waals surface area contributed by atoms with Gasteiger partial charge in [-0.2, -0.15) is 5.26 Å². The van der Waals surface area contributed by atoms with Crippen LogP contribution >= 0.6 is 11.6 Å². The van der Waals surface area contributed by atoms with E-state index in [1.165, 1.54) is 13.0 Å². The summed E-state index contributed by atoms with van der Waals surface area (Å²) in [5, 5.41) is 18.8. The maximum Gasteiger partial charge on any atom is 0.339 e. The summed E-state index contributed by atoms with van der Waals surface area (Å²) in [6.45, 7) is 2.76. The average Bonchev–Trinajstić information content (AvgIpc) is 3.24. The van der Waals surface area contributed by atoms with E-state index in [1.807, 2.05) is 6.07 Å². The van der Waals surface area contributed by atoms with Crippen molar-refractivity contribution in [3.8, 4) is 17.4 Å². The molecular weight excluding hydrogens is 436 g/mol. The molecule has 0 atom stereocenters. The molecule has 0 aliphatic carbocycles. The van der Waals surface area contributed by atoms with Crippen LogP contribution in [0.15, 0.2) is 51.5 Å². The lowest BCUT2D eigenvalue weighted by atomic mass is 9.95. The highest BCUT2D eigenvalue weighted by Crippen LogP contribution is 2.30. The normalized spacial score (nSPS) is 15.3. The molecule has 1 aliphatic rings. The number of carbonyl (C=O) groups excluding carboxylic acids is 3. The number of hydrogen-bond acceptors (Lipinski definition) is 7. The summed E-state index contributed by atoms with van der Waals surface area (Å²) in [6, 6.07) is 9.85. The zero-order valence-corrected chi connectivity index (χ0v) is 18.1. The van der Waals surface area contributed by atoms with Crippen molar-refractivity contribution in [1.29, 1.82) is 5.26 Å². The molecule has 0 bridgehead atoms. The van der Waals surface area contributed by atoms with Gasteiger partial charge in [-0.05, 0) is 55.8 Å². The van der Waals surface area contributed by atoms with Crippen LogP contribution in [0.4, 0.5) is 0 Å². The number of imide groups is 1. The molecule has 3 rings (SSSR count). The van der Waals surface area contributed by atoms with Gasteiger partial charge in [0.25, 0.3) is 11.8 Å². The summed E-state index contributed by atoms with van der Waals surface area (Å²) < 4.78 is 10.8. The van der Waals surface area contributed by atoms with Gasteiger partial charge in [0.05, 0.1) is 30.3 Å². The molecule has 2 amide bonds. The number of nitriles is 1. The van der Waals surface area contributed by atoms with Gasteiger partial charge in [-0.15, -0.1) is 0 Å². The lowest BCUT2D eigenvalue weighted by molar-refractivity contribution is -0.141. The van der Waals surface area contributed by atoms with Crippen LogP contribution in [0.5, 0.6) is 0 Å². The Morgan fingerprint density at radius 3 is 2.69 bits per heavy atom. The van der Waals surface area contributed by atoms with Crippen LogP contribution in [0.25, 0.3) is 17.4 Å². The van der Waals surface area contributed by atoms with E-state index in [2.05, 4.69) is 0 Å². The van der Waals surface area contributed by atoms with Crippen molar-refractivity contribution in [3.05, 3.63) is 63.4 Å². The fraction of sp³-hybridized carbons (Fsp3) is 0.217. The van der Waals surface area contributed by atoms with Gasteiger partial charge in [-0.3, -0.25) is 14.5 Å². The molecule has 2 heterocycles. The van der Waals surface area contributed by atoms with E-state index < -0.39 is 24.4 Å². The Morgan fingerprint density at radius 2 is 2.03 bits per heavy atom. The molecule has 0 fully saturated rings. The minimum absolute atomic E-state index is 0.110. The van der Waals surface area contributed by atoms with Gasteiger partial charge in [-0.1, -0.05) is 11.6 Å². The molecule has 32 heavy (non-hydrogen) atoms. The van der Waals surface area contributed by atoms with Crippen molar-refractivity contribution in [2.45, 2.75) is 13.8 Å². The first-order valence-electron chi connectivity index (χ1n) is 9.69. The molecule has 0 saturated carbocycles. The monoisotopic (exact) mass is 454 g/mol. The second-order valence-electron chi connectivity index (χ2n) is 6.77. The van der Waals surface area contributed by atoms with Gasteiger partial charge in [0.1, 0.15) is 23.2 Å². The highest BCUT2D eigenvalue weighted by Gasteiger charge is 2.35. The minimum Gasteiger partial charge on any atom is -0.462 e. The van der Waals surface area contributed by atoms with Crippen LogP contribution in [-0.2, 0) is 14.3 Å². The molecule has 8 nitrogen and oxygen atoms in total. The number of esters is 1. The largest absolute Gasteiger partial charge is 0.462 e. The van der Waals surface area contributed by atoms with E-state index in [4.69, 9.17) is 20.8 Å². The Morgan fingerprint density at radius 1 is 1.28 bits per heavy atom. The highest BCUT2D eigenvalue weighted by molar-refractivity contribution is 6.33. The number of hydrogen-bond donors (Lipinski definition) is 1. The predicted molar refractivity (Wildman–Crippen MR) is 115 cm³/mol. The van der Waals surface area contributed by atoms with E-state index in [1.54, 1.807) is 37.3 Å². The van der Waals surface area contributed by atoms with Crippen LogP contribution < -0.4 is 0 Å². The molecule has 1 aromatic carbocycles. The molecular formula is C23H19ClN2O6. The highest BCUT2D eigenvalue weighted by atomic mass is 35.5. The summed E-state index contributed by atoms with van der Waals surface area (Å²) >= 11 is 6.10. The van der Waals surface area contributed by atoms with Crippen molar-refractivity contribution >= 4 is 35.5 Å². The van der Waals surface area contributed by atoms with Crippen LogP contribution in [0.2, 0.25) is 5.02 Å². The molecule has 1 aliphatic heterocycles. The predicted octanol–water partition coefficient (Wildman–Crippen LogP) is 3.36. The van der Waals surface area contributed by atoms with Gasteiger partial charge in [-0.25, -0.2) is 4.79 Å². The van der Waals surface area contributed by atoms with Crippen molar-refractivity contribution in [2.75, 3.05) is 19.8 Å². The van der Waals surface area contributed by atoms with E-state index in [-0.39, 0.29) is 40.5 Å². The van der Waals surface area contributed by atoms with Gasteiger partial charge in [0.2, 0.25) is 0 Å². The van der Waals surface area contributed by atoms with Crippen molar-refractivity contribution in [1.82, 2.24) is 4.90 Å². The number of halogens is 1. The van der Waals surface area contributed by atoms with Gasteiger partial charge < -0.3 is 14.3 Å². The molecule has 0 spiro atoms. The number of benzene rings is 1. The first-order chi connectivity index (χ1) is 15.3. The molecule has 0 unspecified atom stereocenters. The summed E-state index contributed by atoms with van der Waals surface area (Å²) in [7, 11) is 0. The Hall–Kier alpha value is -3.67. The van der Waals surface area contributed by atoms with Crippen LogP contribution in [0.1, 0.15) is 30.0 Å². The zero-order chi connectivity index (χ0) is 23.4. The number of ether oxygens (including phenoxy) is 1. The number of aliphatic hydroxyl groups excluding tert-OH is 1. The summed E-state index contributed by atoms with van der Waals surface area (Å²) in [5.74, 6) is -1.22. The SMILES string of the molecule is CCOC(=O)c1cc(-c2ccc(/C=C3/C(=O)N(CCO)C(=O)C(C#N)=C3C)o2)ccc1Cl. The molecule has 9 heteroatoms. The maximum atomic E-state index is 12.8. The summed E-state index contributed by atoms with van der Waals surface area (Å²) in [6.07, 6.45) is 1.43. The first kappa shape index (κ1) is 23.0. The zero-order valence-electron chi connectivity index (χ0n) is 17.3. The molecule has 164 valence electrons. The van der Waals surface area contributed by atoms with Crippen LogP contribution in [-0.4, -0.2) is 47.5 Å². The van der Waals surface area contributed by atoms with Crippen LogP contribution in [0, 0.1) is 11.3 Å². The molecule has 1 aromatic heterocycles. The van der Waals surface area contributed by atoms with Crippen molar-refractivity contribution in [2.24, 2.45) is 0 Å². The number of rotatable bonds is 6. The summed E-state index contributed by atoms with van der Waals surface area (Å²) in [5.41, 5.74) is 0.928. The second kappa shape index (κ2) is 9.64. The number of nitrogens with zero attached hydrogens (tertiary/aromatic N) is 2. The lowest BCUT2D eigenvalue weighted by Crippen LogP contribution is -2.44. The molecule has 0 radical (unpaired) electrons. The Kier molecular flexibility index (Phi) is 6.93. The van der Waals surface area contributed by atoms with E-state index in [0.29, 0.717) is 17.1 Å². The topological polar surface area (TPSA) is 121 Å². The van der Waals surface area contributed by atoms with E-state index in [0.717, 1.165) is 4.90 Å². The van der Waals surface area contributed by atoms with Crippen molar-refractivity contribution in [3.63, 3.8) is 0 Å². The lowest BCUT2D eigenvalue weighted by Gasteiger charge is -2.26. The fourth-order valence-electron chi connectivity index (χ4n) is 3.20. The Bertz CT molecular complexity index is 1200. The number of aliphatic hydroxyl groups is 1. The fourth-order valence-corrected chi connectivity index (χ4v) is 3.40. The third-order valence-corrected chi connectivity index (χ3v) is 5.14. The van der Waals surface area contributed by atoms with Gasteiger partial charge >= 0.3 is 5.97 Å². The minimum atomic E-state index is -0.742. The number of furan rings is 1. The molecule has 2 aromatic rings. The Balaban J connectivity index is 2.00. The third-order valence-electron chi connectivity index (χ3n) is 4.81. The smallest absolute Gasteiger partial charge is 0.339 e. The standard InChI is InChI=1S/C23H19ClN2O6/c1-3-31-23(30)17-10-14(4-6-19(17)24)20-7-5-15(32-20)11-16-13(2)18(12-25)22(29)26(8-9-27)21(16)28/h4-7,10-11,27H,3,8-9H2,1-2H3/b16-11+. The number of amides is 2. The van der Waals surface area contributed by atoms with Crippen molar-refractivity contribution < 1.29 is 28.6 Å². The van der Waals surface area contributed by atoms with Gasteiger partial charge in [0, 0.05) is 11.1 Å². The van der Waals surface area contributed by atoms with Gasteiger partial charge in [0.15, 0.2) is 0 Å². The molecule has 1 N–H and O–H groups in total. The quantitative estimate of drug-likeness (QED) is 0.403.